The second-order valence-electron chi connectivity index (χ2n) is 8.00. The van der Waals surface area contributed by atoms with E-state index in [2.05, 4.69) is 0 Å². The maximum Gasteiger partial charge on any atom is 0.129 e. The smallest absolute Gasteiger partial charge is 0.129 e. The standard InChI is InChI=1S/C27H31F2NO5/c1-31-22-10-8-19(9-11-22)16-35-27(15-25(32-2)17-33-23-6-4-3-5-7-23)26(30)18-34-24-13-20(28)12-21(29)14-24/h3-14,25-27H,15-18,30H2,1-2H3/t25?,26-,27?/m0/s1. The van der Waals surface area contributed by atoms with Crippen LogP contribution in [0.5, 0.6) is 17.2 Å². The highest BCUT2D eigenvalue weighted by atomic mass is 19.1. The average Bonchev–Trinajstić information content (AvgIpc) is 2.87. The molecule has 0 heterocycles. The highest BCUT2D eigenvalue weighted by Crippen LogP contribution is 2.19. The van der Waals surface area contributed by atoms with Gasteiger partial charge in [-0.25, -0.2) is 8.78 Å². The summed E-state index contributed by atoms with van der Waals surface area (Å²) in [5.41, 5.74) is 7.34. The van der Waals surface area contributed by atoms with Gasteiger partial charge >= 0.3 is 0 Å². The van der Waals surface area contributed by atoms with Gasteiger partial charge in [0.1, 0.15) is 42.1 Å². The van der Waals surface area contributed by atoms with Gasteiger partial charge in [-0.15, -0.1) is 0 Å². The molecule has 0 spiro atoms. The largest absolute Gasteiger partial charge is 0.497 e. The van der Waals surface area contributed by atoms with E-state index in [1.54, 1.807) is 14.2 Å². The van der Waals surface area contributed by atoms with E-state index in [9.17, 15) is 8.78 Å². The fourth-order valence-corrected chi connectivity index (χ4v) is 3.40. The van der Waals surface area contributed by atoms with E-state index in [-0.39, 0.29) is 18.5 Å². The molecule has 0 fully saturated rings. The highest BCUT2D eigenvalue weighted by molar-refractivity contribution is 5.27. The number of nitrogens with two attached hydrogens (primary N) is 1. The maximum atomic E-state index is 13.5. The minimum Gasteiger partial charge on any atom is -0.497 e. The number of para-hydroxylation sites is 1. The third-order valence-electron chi connectivity index (χ3n) is 5.39. The van der Waals surface area contributed by atoms with Gasteiger partial charge in [0.2, 0.25) is 0 Å². The first-order chi connectivity index (χ1) is 17.0. The third kappa shape index (κ3) is 8.83. The lowest BCUT2D eigenvalue weighted by Crippen LogP contribution is -2.44. The molecule has 0 bridgehead atoms. The molecule has 2 unspecified atom stereocenters. The number of rotatable bonds is 14. The molecule has 8 heteroatoms. The number of benzene rings is 3. The second-order valence-corrected chi connectivity index (χ2v) is 8.00. The fourth-order valence-electron chi connectivity index (χ4n) is 3.40. The molecule has 35 heavy (non-hydrogen) atoms. The molecular weight excluding hydrogens is 456 g/mol. The Kier molecular flexibility index (Phi) is 10.3. The van der Waals surface area contributed by atoms with E-state index in [1.807, 2.05) is 54.6 Å². The van der Waals surface area contributed by atoms with Gasteiger partial charge in [0.25, 0.3) is 0 Å². The van der Waals surface area contributed by atoms with E-state index < -0.39 is 23.8 Å². The van der Waals surface area contributed by atoms with Gasteiger partial charge in [0.05, 0.1) is 32.0 Å². The van der Waals surface area contributed by atoms with Gasteiger partial charge in [-0.05, 0) is 29.8 Å². The van der Waals surface area contributed by atoms with Crippen LogP contribution in [-0.2, 0) is 16.1 Å². The van der Waals surface area contributed by atoms with Crippen LogP contribution in [0, 0.1) is 11.6 Å². The van der Waals surface area contributed by atoms with Gasteiger partial charge in [-0.3, -0.25) is 0 Å². The Morgan fingerprint density at radius 1 is 0.771 bits per heavy atom. The molecule has 3 atom stereocenters. The Labute approximate surface area is 204 Å². The Bertz CT molecular complexity index is 1000. The van der Waals surface area contributed by atoms with Crippen molar-refractivity contribution in [2.24, 2.45) is 5.73 Å². The summed E-state index contributed by atoms with van der Waals surface area (Å²) in [7, 11) is 3.20. The minimum atomic E-state index is -0.724. The lowest BCUT2D eigenvalue weighted by Gasteiger charge is -2.28. The minimum absolute atomic E-state index is 0.00779. The Morgan fingerprint density at radius 3 is 2.06 bits per heavy atom. The molecule has 0 saturated carbocycles. The first-order valence-corrected chi connectivity index (χ1v) is 11.3. The summed E-state index contributed by atoms with van der Waals surface area (Å²) in [6, 6.07) is 19.3. The average molecular weight is 488 g/mol. The molecule has 0 aromatic heterocycles. The monoisotopic (exact) mass is 487 g/mol. The van der Waals surface area contributed by atoms with Crippen molar-refractivity contribution in [2.45, 2.75) is 31.3 Å². The van der Waals surface area contributed by atoms with Crippen LogP contribution >= 0.6 is 0 Å². The molecule has 6 nitrogen and oxygen atoms in total. The summed E-state index contributed by atoms with van der Waals surface area (Å²) < 4.78 is 55.4. The molecule has 3 aromatic carbocycles. The quantitative estimate of drug-likeness (QED) is 0.354. The van der Waals surface area contributed by atoms with E-state index >= 15 is 0 Å². The molecular formula is C27H31F2NO5. The number of halogens is 2. The summed E-state index contributed by atoms with van der Waals surface area (Å²) in [4.78, 5) is 0. The van der Waals surface area contributed by atoms with Crippen LogP contribution < -0.4 is 19.9 Å². The van der Waals surface area contributed by atoms with Crippen LogP contribution in [0.15, 0.2) is 72.8 Å². The summed E-state index contributed by atoms with van der Waals surface area (Å²) in [6.07, 6.45) is -0.379. The Hall–Kier alpha value is -3.20. The van der Waals surface area contributed by atoms with Crippen LogP contribution in [0.1, 0.15) is 12.0 Å². The zero-order valence-corrected chi connectivity index (χ0v) is 19.9. The van der Waals surface area contributed by atoms with Crippen LogP contribution in [0.25, 0.3) is 0 Å². The van der Waals surface area contributed by atoms with Crippen molar-refractivity contribution >= 4 is 0 Å². The van der Waals surface area contributed by atoms with Crippen molar-refractivity contribution in [3.8, 4) is 17.2 Å². The Morgan fingerprint density at radius 2 is 1.43 bits per heavy atom. The summed E-state index contributed by atoms with van der Waals surface area (Å²) in [5.74, 6) is 0.0839. The van der Waals surface area contributed by atoms with Crippen molar-refractivity contribution in [2.75, 3.05) is 27.4 Å². The lowest BCUT2D eigenvalue weighted by atomic mass is 10.1. The van der Waals surface area contributed by atoms with E-state index in [1.165, 1.54) is 0 Å². The number of methoxy groups -OCH3 is 2. The number of hydrogen-bond donors (Lipinski definition) is 1. The van der Waals surface area contributed by atoms with Crippen molar-refractivity contribution in [3.63, 3.8) is 0 Å². The van der Waals surface area contributed by atoms with Crippen molar-refractivity contribution < 1.29 is 32.5 Å². The van der Waals surface area contributed by atoms with Gasteiger partial charge in [0, 0.05) is 31.7 Å². The molecule has 0 aliphatic heterocycles. The van der Waals surface area contributed by atoms with E-state index in [0.29, 0.717) is 19.6 Å². The van der Waals surface area contributed by atoms with E-state index in [4.69, 9.17) is 29.4 Å². The molecule has 3 rings (SSSR count). The van der Waals surface area contributed by atoms with Gasteiger partial charge in [0.15, 0.2) is 0 Å². The third-order valence-corrected chi connectivity index (χ3v) is 5.39. The van der Waals surface area contributed by atoms with Crippen LogP contribution in [0.3, 0.4) is 0 Å². The number of hydrogen-bond acceptors (Lipinski definition) is 6. The van der Waals surface area contributed by atoms with E-state index in [0.717, 1.165) is 35.3 Å². The van der Waals surface area contributed by atoms with Crippen molar-refractivity contribution in [1.29, 1.82) is 0 Å². The number of ether oxygens (including phenoxy) is 5. The first-order valence-electron chi connectivity index (χ1n) is 11.3. The molecule has 0 amide bonds. The molecule has 0 radical (unpaired) electrons. The maximum absolute atomic E-state index is 13.5. The van der Waals surface area contributed by atoms with Crippen molar-refractivity contribution in [1.82, 2.24) is 0 Å². The second kappa shape index (κ2) is 13.6. The highest BCUT2D eigenvalue weighted by Gasteiger charge is 2.25. The van der Waals surface area contributed by atoms with Crippen LogP contribution in [0.2, 0.25) is 0 Å². The zero-order chi connectivity index (χ0) is 25.0. The molecule has 3 aromatic rings. The summed E-state index contributed by atoms with van der Waals surface area (Å²) >= 11 is 0. The molecule has 2 N–H and O–H groups in total. The van der Waals surface area contributed by atoms with Gasteiger partial charge < -0.3 is 29.4 Å². The van der Waals surface area contributed by atoms with Crippen LogP contribution in [0.4, 0.5) is 8.78 Å². The molecule has 0 aliphatic rings. The molecule has 188 valence electrons. The van der Waals surface area contributed by atoms with Crippen LogP contribution in [-0.4, -0.2) is 45.7 Å². The molecule has 0 saturated heterocycles. The molecule has 0 aliphatic carbocycles. The lowest BCUT2D eigenvalue weighted by molar-refractivity contribution is -0.0380. The topological polar surface area (TPSA) is 72.2 Å². The predicted octanol–water partition coefficient (Wildman–Crippen LogP) is 4.75. The van der Waals surface area contributed by atoms with Crippen molar-refractivity contribution in [3.05, 3.63) is 90.0 Å². The van der Waals surface area contributed by atoms with Gasteiger partial charge in [-0.1, -0.05) is 30.3 Å². The summed E-state index contributed by atoms with van der Waals surface area (Å²) in [6.45, 7) is 0.588. The normalized spacial score (nSPS) is 13.6. The Balaban J connectivity index is 1.64. The first kappa shape index (κ1) is 26.4. The predicted molar refractivity (Wildman–Crippen MR) is 129 cm³/mol. The SMILES string of the molecule is COc1ccc(COC(CC(COc2ccccc2)OC)[C@@H](N)COc2cc(F)cc(F)c2)cc1. The van der Waals surface area contributed by atoms with Gasteiger partial charge in [-0.2, -0.15) is 0 Å². The fraction of sp³-hybridized carbons (Fsp3) is 0.333. The summed E-state index contributed by atoms with van der Waals surface area (Å²) in [5, 5.41) is 0. The zero-order valence-electron chi connectivity index (χ0n) is 19.9.